The molecule has 7 heteroatoms. The number of methoxy groups -OCH3 is 1. The van der Waals surface area contributed by atoms with E-state index in [0.29, 0.717) is 12.1 Å². The standard InChI is InChI=1S/C7H5BClF4O/c1-14-7-5(9)2-4(3-6(7)10)8(11,12)13/h2-3H,1H3/q-1. The van der Waals surface area contributed by atoms with E-state index in [9.17, 15) is 17.3 Å². The molecular weight excluding hydrogens is 222 g/mol. The third-order valence-corrected chi connectivity index (χ3v) is 1.88. The van der Waals surface area contributed by atoms with Crippen LogP contribution >= 0.6 is 11.6 Å². The molecule has 0 saturated heterocycles. The molecule has 1 aromatic rings. The lowest BCUT2D eigenvalue weighted by atomic mass is 9.80. The Morgan fingerprint density at radius 2 is 1.86 bits per heavy atom. The van der Waals surface area contributed by atoms with Crippen molar-refractivity contribution in [1.29, 1.82) is 0 Å². The molecular formula is C7H5BClF4O-. The maximum absolute atomic E-state index is 12.9. The molecule has 0 aliphatic carbocycles. The average Bonchev–Trinajstić information content (AvgIpc) is 2.01. The Hall–Kier alpha value is -0.905. The Labute approximate surface area is 82.7 Å². The summed E-state index contributed by atoms with van der Waals surface area (Å²) < 4.78 is 54.0. The van der Waals surface area contributed by atoms with Crippen molar-refractivity contribution in [3.8, 4) is 5.75 Å². The number of ether oxygens (including phenoxy) is 1. The molecule has 78 valence electrons. The van der Waals surface area contributed by atoms with E-state index in [0.717, 1.165) is 7.11 Å². The minimum Gasteiger partial charge on any atom is -0.492 e. The summed E-state index contributed by atoms with van der Waals surface area (Å²) in [4.78, 5) is 0. The monoisotopic (exact) mass is 227 g/mol. The molecule has 0 aliphatic rings. The van der Waals surface area contributed by atoms with E-state index in [2.05, 4.69) is 4.74 Å². The molecule has 0 saturated carbocycles. The lowest BCUT2D eigenvalue weighted by Gasteiger charge is -2.16. The Morgan fingerprint density at radius 1 is 1.29 bits per heavy atom. The smallest absolute Gasteiger partial charge is 0.492 e. The number of rotatable bonds is 2. The van der Waals surface area contributed by atoms with Gasteiger partial charge in [-0.3, -0.25) is 0 Å². The molecule has 0 fully saturated rings. The Morgan fingerprint density at radius 3 is 2.21 bits per heavy atom. The van der Waals surface area contributed by atoms with Crippen LogP contribution in [-0.4, -0.2) is 14.1 Å². The first-order valence-electron chi connectivity index (χ1n) is 3.59. The Kier molecular flexibility index (Phi) is 2.94. The van der Waals surface area contributed by atoms with Crippen LogP contribution in [0.4, 0.5) is 17.3 Å². The van der Waals surface area contributed by atoms with Gasteiger partial charge in [0.2, 0.25) is 0 Å². The van der Waals surface area contributed by atoms with Crippen LogP contribution < -0.4 is 10.2 Å². The molecule has 1 aromatic carbocycles. The molecule has 14 heavy (non-hydrogen) atoms. The van der Waals surface area contributed by atoms with Gasteiger partial charge in [-0.2, -0.15) is 0 Å². The van der Waals surface area contributed by atoms with Crippen LogP contribution in [-0.2, 0) is 0 Å². The minimum absolute atomic E-state index is 0.366. The maximum atomic E-state index is 12.9. The predicted molar refractivity (Wildman–Crippen MR) is 46.7 cm³/mol. The van der Waals surface area contributed by atoms with Gasteiger partial charge in [0, 0.05) is 0 Å². The van der Waals surface area contributed by atoms with E-state index >= 15 is 0 Å². The molecule has 0 radical (unpaired) electrons. The van der Waals surface area contributed by atoms with Crippen molar-refractivity contribution >= 4 is 24.0 Å². The molecule has 0 aliphatic heterocycles. The molecule has 0 atom stereocenters. The van der Waals surface area contributed by atoms with Gasteiger partial charge in [-0.05, 0) is 6.07 Å². The second kappa shape index (κ2) is 3.69. The number of hydrogen-bond acceptors (Lipinski definition) is 1. The number of benzene rings is 1. The van der Waals surface area contributed by atoms with Gasteiger partial charge in [-0.25, -0.2) is 4.39 Å². The second-order valence-corrected chi connectivity index (χ2v) is 3.00. The summed E-state index contributed by atoms with van der Waals surface area (Å²) >= 11 is 5.39. The molecule has 0 bridgehead atoms. The van der Waals surface area contributed by atoms with E-state index in [1.54, 1.807) is 0 Å². The zero-order valence-corrected chi connectivity index (χ0v) is 7.79. The summed E-state index contributed by atoms with van der Waals surface area (Å²) in [6.07, 6.45) is 0. The van der Waals surface area contributed by atoms with Gasteiger partial charge in [0.1, 0.15) is 0 Å². The predicted octanol–water partition coefficient (Wildman–Crippen LogP) is 2.54. The summed E-state index contributed by atoms with van der Waals surface area (Å²) in [5.74, 6) is -1.50. The van der Waals surface area contributed by atoms with E-state index in [1.807, 2.05) is 0 Å². The second-order valence-electron chi connectivity index (χ2n) is 2.59. The highest BCUT2D eigenvalue weighted by molar-refractivity contribution is 6.73. The lowest BCUT2D eigenvalue weighted by Crippen LogP contribution is -2.34. The van der Waals surface area contributed by atoms with Crippen molar-refractivity contribution in [2.45, 2.75) is 0 Å². The Balaban J connectivity index is 3.28. The van der Waals surface area contributed by atoms with Crippen LogP contribution in [0.25, 0.3) is 0 Å². The molecule has 0 spiro atoms. The van der Waals surface area contributed by atoms with Crippen molar-refractivity contribution in [1.82, 2.24) is 0 Å². The highest BCUT2D eigenvalue weighted by atomic mass is 35.5. The van der Waals surface area contributed by atoms with E-state index in [1.165, 1.54) is 0 Å². The lowest BCUT2D eigenvalue weighted by molar-refractivity contribution is 0.387. The average molecular weight is 227 g/mol. The van der Waals surface area contributed by atoms with Crippen LogP contribution in [0.15, 0.2) is 12.1 Å². The summed E-state index contributed by atoms with van der Waals surface area (Å²) in [5.41, 5.74) is -1.08. The number of halogens is 5. The summed E-state index contributed by atoms with van der Waals surface area (Å²) in [7, 11) is 1.13. The topological polar surface area (TPSA) is 9.23 Å². The van der Waals surface area contributed by atoms with E-state index < -0.39 is 18.3 Å². The summed E-state index contributed by atoms with van der Waals surface area (Å²) in [6, 6.07) is 1.01. The minimum atomic E-state index is -5.24. The van der Waals surface area contributed by atoms with Gasteiger partial charge < -0.3 is 17.7 Å². The number of hydrogen-bond donors (Lipinski definition) is 0. The van der Waals surface area contributed by atoms with Gasteiger partial charge in [-0.1, -0.05) is 17.7 Å². The first-order chi connectivity index (χ1) is 6.36. The first kappa shape index (κ1) is 11.2. The van der Waals surface area contributed by atoms with Crippen LogP contribution in [0, 0.1) is 5.82 Å². The maximum Gasteiger partial charge on any atom is 0.509 e. The molecule has 0 unspecified atom stereocenters. The van der Waals surface area contributed by atoms with Crippen LogP contribution in [0.5, 0.6) is 5.75 Å². The third kappa shape index (κ3) is 2.12. The fourth-order valence-corrected chi connectivity index (χ4v) is 1.26. The van der Waals surface area contributed by atoms with Gasteiger partial charge in [0.25, 0.3) is 0 Å². The fraction of sp³-hybridized carbons (Fsp3) is 0.143. The first-order valence-corrected chi connectivity index (χ1v) is 3.97. The van der Waals surface area contributed by atoms with E-state index in [-0.39, 0.29) is 10.8 Å². The van der Waals surface area contributed by atoms with Gasteiger partial charge >= 0.3 is 6.98 Å². The van der Waals surface area contributed by atoms with Crippen molar-refractivity contribution < 1.29 is 22.1 Å². The molecule has 0 heterocycles. The van der Waals surface area contributed by atoms with Crippen LogP contribution in [0.1, 0.15) is 0 Å². The quantitative estimate of drug-likeness (QED) is 0.557. The summed E-state index contributed by atoms with van der Waals surface area (Å²) in [6.45, 7) is -5.24. The normalized spacial score (nSPS) is 11.6. The SMILES string of the molecule is COc1c(F)cc([B-](F)(F)F)cc1Cl. The van der Waals surface area contributed by atoms with Gasteiger partial charge in [0.05, 0.1) is 12.1 Å². The van der Waals surface area contributed by atoms with Crippen molar-refractivity contribution in [3.63, 3.8) is 0 Å². The molecule has 0 amide bonds. The van der Waals surface area contributed by atoms with Gasteiger partial charge in [0.15, 0.2) is 11.6 Å². The van der Waals surface area contributed by atoms with Crippen molar-refractivity contribution in [2.24, 2.45) is 0 Å². The highest BCUT2D eigenvalue weighted by Crippen LogP contribution is 2.27. The Bertz CT molecular complexity index is 329. The summed E-state index contributed by atoms with van der Waals surface area (Å²) in [5, 5.41) is -0.387. The van der Waals surface area contributed by atoms with Crippen molar-refractivity contribution in [2.75, 3.05) is 7.11 Å². The van der Waals surface area contributed by atoms with Crippen LogP contribution in [0.3, 0.4) is 0 Å². The van der Waals surface area contributed by atoms with Crippen LogP contribution in [0.2, 0.25) is 5.02 Å². The molecule has 1 nitrogen and oxygen atoms in total. The van der Waals surface area contributed by atoms with E-state index in [4.69, 9.17) is 11.6 Å². The third-order valence-electron chi connectivity index (χ3n) is 1.60. The largest absolute Gasteiger partial charge is 0.509 e. The molecule has 0 aromatic heterocycles. The molecule has 0 N–H and O–H groups in total. The van der Waals surface area contributed by atoms with Gasteiger partial charge in [-0.15, -0.1) is 5.46 Å². The zero-order chi connectivity index (χ0) is 10.9. The highest BCUT2D eigenvalue weighted by Gasteiger charge is 2.27. The zero-order valence-electron chi connectivity index (χ0n) is 7.03. The van der Waals surface area contributed by atoms with Crippen molar-refractivity contribution in [3.05, 3.63) is 23.0 Å². The fourth-order valence-electron chi connectivity index (χ4n) is 0.963. The molecule has 1 rings (SSSR count).